The minimum absolute atomic E-state index is 0.243. The molecule has 4 atom stereocenters. The number of hydrogen-bond donors (Lipinski definition) is 4. The van der Waals surface area contributed by atoms with E-state index in [9.17, 15) is 14.7 Å². The lowest BCUT2D eigenvalue weighted by Crippen LogP contribution is -2.70. The quantitative estimate of drug-likeness (QED) is 0.380. The molecule has 2 rings (SSSR count). The zero-order valence-electron chi connectivity index (χ0n) is 12.4. The number of carbonyl (C=O) groups is 2. The number of nitrogens with two attached hydrogens (primary N) is 2. The SMILES string of the molecule is CC1(N)COC(=O)C(C)(C(O)C2(N)C=CCCC2)NC1=O. The van der Waals surface area contributed by atoms with Crippen LogP contribution in [0.25, 0.3) is 0 Å². The molecule has 1 amide bonds. The first-order chi connectivity index (χ1) is 9.62. The van der Waals surface area contributed by atoms with Gasteiger partial charge in [0.05, 0.1) is 5.54 Å². The highest BCUT2D eigenvalue weighted by atomic mass is 16.5. The Morgan fingerprint density at radius 3 is 2.62 bits per heavy atom. The van der Waals surface area contributed by atoms with Gasteiger partial charge in [-0.15, -0.1) is 0 Å². The van der Waals surface area contributed by atoms with Crippen LogP contribution in [0.15, 0.2) is 12.2 Å². The number of carbonyl (C=O) groups excluding carboxylic acids is 2. The van der Waals surface area contributed by atoms with Crippen LogP contribution in [0.1, 0.15) is 33.1 Å². The monoisotopic (exact) mass is 297 g/mol. The maximum absolute atomic E-state index is 12.3. The summed E-state index contributed by atoms with van der Waals surface area (Å²) in [5, 5.41) is 13.2. The number of cyclic esters (lactones) is 1. The number of aliphatic hydroxyl groups excluding tert-OH is 1. The number of hydrogen-bond acceptors (Lipinski definition) is 6. The summed E-state index contributed by atoms with van der Waals surface area (Å²) in [5.74, 6) is -1.29. The van der Waals surface area contributed by atoms with Gasteiger partial charge in [0.15, 0.2) is 5.54 Å². The number of esters is 1. The van der Waals surface area contributed by atoms with E-state index in [1.54, 1.807) is 6.08 Å². The van der Waals surface area contributed by atoms with Crippen molar-refractivity contribution in [1.82, 2.24) is 5.32 Å². The van der Waals surface area contributed by atoms with Gasteiger partial charge in [0.1, 0.15) is 18.2 Å². The molecule has 1 heterocycles. The fourth-order valence-electron chi connectivity index (χ4n) is 2.72. The molecule has 0 bridgehead atoms. The summed E-state index contributed by atoms with van der Waals surface area (Å²) in [7, 11) is 0. The smallest absolute Gasteiger partial charge is 0.334 e. The zero-order chi connectivity index (χ0) is 15.9. The van der Waals surface area contributed by atoms with Crippen LogP contribution in [-0.4, -0.2) is 46.3 Å². The van der Waals surface area contributed by atoms with E-state index in [0.717, 1.165) is 12.8 Å². The Bertz CT molecular complexity index is 491. The molecule has 4 unspecified atom stereocenters. The molecule has 1 fully saturated rings. The Balaban J connectivity index is 2.34. The molecule has 1 saturated heterocycles. The van der Waals surface area contributed by atoms with Crippen molar-refractivity contribution in [2.24, 2.45) is 11.5 Å². The maximum Gasteiger partial charge on any atom is 0.334 e. The van der Waals surface area contributed by atoms with Crippen molar-refractivity contribution in [3.63, 3.8) is 0 Å². The van der Waals surface area contributed by atoms with Crippen molar-refractivity contribution >= 4 is 11.9 Å². The summed E-state index contributed by atoms with van der Waals surface area (Å²) in [6.45, 7) is 2.64. The number of ether oxygens (including phenoxy) is 1. The van der Waals surface area contributed by atoms with Crippen LogP contribution in [0.3, 0.4) is 0 Å². The van der Waals surface area contributed by atoms with Gasteiger partial charge in [-0.2, -0.15) is 0 Å². The first-order valence-electron chi connectivity index (χ1n) is 7.05. The summed E-state index contributed by atoms with van der Waals surface area (Å²) in [5.41, 5.74) is 7.96. The normalized spacial score (nSPS) is 42.0. The van der Waals surface area contributed by atoms with Crippen molar-refractivity contribution in [2.75, 3.05) is 6.61 Å². The molecule has 7 heteroatoms. The minimum Gasteiger partial charge on any atom is -0.461 e. The van der Waals surface area contributed by atoms with Crippen LogP contribution < -0.4 is 16.8 Å². The van der Waals surface area contributed by atoms with E-state index in [4.69, 9.17) is 16.2 Å². The maximum atomic E-state index is 12.3. The third kappa shape index (κ3) is 2.68. The summed E-state index contributed by atoms with van der Waals surface area (Å²) in [6, 6.07) is 0. The van der Waals surface area contributed by atoms with Gasteiger partial charge in [-0.3, -0.25) is 4.79 Å². The van der Waals surface area contributed by atoms with E-state index < -0.39 is 34.6 Å². The average Bonchev–Trinajstić information content (AvgIpc) is 2.50. The molecular weight excluding hydrogens is 274 g/mol. The van der Waals surface area contributed by atoms with Gasteiger partial charge in [0.2, 0.25) is 5.91 Å². The van der Waals surface area contributed by atoms with E-state index in [0.29, 0.717) is 6.42 Å². The second kappa shape index (κ2) is 5.08. The molecule has 0 aromatic carbocycles. The highest BCUT2D eigenvalue weighted by molar-refractivity contribution is 5.95. The molecule has 0 spiro atoms. The molecule has 0 aromatic heterocycles. The number of nitrogens with one attached hydrogen (secondary N) is 1. The Labute approximate surface area is 123 Å². The van der Waals surface area contributed by atoms with Crippen LogP contribution in [0, 0.1) is 0 Å². The lowest BCUT2D eigenvalue weighted by atomic mass is 9.75. The number of amides is 1. The molecular formula is C14H23N3O4. The lowest BCUT2D eigenvalue weighted by molar-refractivity contribution is -0.157. The predicted molar refractivity (Wildman–Crippen MR) is 76.0 cm³/mol. The van der Waals surface area contributed by atoms with Crippen LogP contribution in [0.5, 0.6) is 0 Å². The highest BCUT2D eigenvalue weighted by Crippen LogP contribution is 2.31. The fourth-order valence-corrected chi connectivity index (χ4v) is 2.72. The summed E-state index contributed by atoms with van der Waals surface area (Å²) in [4.78, 5) is 24.4. The predicted octanol–water partition coefficient (Wildman–Crippen LogP) is -1.07. The Kier molecular flexibility index (Phi) is 3.86. The molecule has 7 nitrogen and oxygen atoms in total. The Morgan fingerprint density at radius 1 is 1.38 bits per heavy atom. The summed E-state index contributed by atoms with van der Waals surface area (Å²) < 4.78 is 5.07. The molecule has 2 aliphatic rings. The highest BCUT2D eigenvalue weighted by Gasteiger charge is 2.54. The van der Waals surface area contributed by atoms with Crippen molar-refractivity contribution in [3.8, 4) is 0 Å². The lowest BCUT2D eigenvalue weighted by Gasteiger charge is -2.42. The van der Waals surface area contributed by atoms with Crippen LogP contribution in [0.4, 0.5) is 0 Å². The minimum atomic E-state index is -1.63. The van der Waals surface area contributed by atoms with Gasteiger partial charge in [-0.1, -0.05) is 12.2 Å². The number of allylic oxidation sites excluding steroid dienone is 1. The van der Waals surface area contributed by atoms with Crippen molar-refractivity contribution in [3.05, 3.63) is 12.2 Å². The topological polar surface area (TPSA) is 128 Å². The molecule has 6 N–H and O–H groups in total. The Hall–Kier alpha value is -1.44. The van der Waals surface area contributed by atoms with Crippen LogP contribution in [0.2, 0.25) is 0 Å². The molecule has 1 aliphatic carbocycles. The van der Waals surface area contributed by atoms with Gasteiger partial charge in [-0.25, -0.2) is 4.79 Å². The standard InChI is InChI=1S/C14H23N3O4/c1-12(15)8-21-11(20)13(2,17-10(12)19)9(18)14(16)6-4-3-5-7-14/h4,6,9,18H,3,5,7-8,15-16H2,1-2H3,(H,17,19). The fraction of sp³-hybridized carbons (Fsp3) is 0.714. The molecule has 0 saturated carbocycles. The van der Waals surface area contributed by atoms with Gasteiger partial charge >= 0.3 is 5.97 Å². The number of aliphatic hydroxyl groups is 1. The molecule has 21 heavy (non-hydrogen) atoms. The van der Waals surface area contributed by atoms with Gasteiger partial charge in [-0.05, 0) is 33.1 Å². The molecule has 1 aliphatic heterocycles. The molecule has 0 aromatic rings. The van der Waals surface area contributed by atoms with Crippen molar-refractivity contribution in [2.45, 2.75) is 55.8 Å². The summed E-state index contributed by atoms with van der Waals surface area (Å²) in [6.07, 6.45) is 4.44. The molecule has 118 valence electrons. The van der Waals surface area contributed by atoms with Crippen LogP contribution in [-0.2, 0) is 14.3 Å². The first-order valence-corrected chi connectivity index (χ1v) is 7.05. The third-order valence-electron chi connectivity index (χ3n) is 4.28. The Morgan fingerprint density at radius 2 is 2.05 bits per heavy atom. The average molecular weight is 297 g/mol. The van der Waals surface area contributed by atoms with Crippen molar-refractivity contribution < 1.29 is 19.4 Å². The largest absolute Gasteiger partial charge is 0.461 e. The van der Waals surface area contributed by atoms with E-state index in [1.807, 2.05) is 6.08 Å². The zero-order valence-corrected chi connectivity index (χ0v) is 12.4. The second-order valence-corrected chi connectivity index (χ2v) is 6.46. The number of rotatable bonds is 2. The second-order valence-electron chi connectivity index (χ2n) is 6.46. The van der Waals surface area contributed by atoms with E-state index in [2.05, 4.69) is 5.32 Å². The molecule has 0 radical (unpaired) electrons. The van der Waals surface area contributed by atoms with Gasteiger partial charge in [0.25, 0.3) is 0 Å². The van der Waals surface area contributed by atoms with Crippen LogP contribution >= 0.6 is 0 Å². The van der Waals surface area contributed by atoms with Gasteiger partial charge < -0.3 is 26.6 Å². The van der Waals surface area contributed by atoms with E-state index >= 15 is 0 Å². The van der Waals surface area contributed by atoms with E-state index in [1.165, 1.54) is 13.8 Å². The van der Waals surface area contributed by atoms with Gasteiger partial charge in [0, 0.05) is 0 Å². The third-order valence-corrected chi connectivity index (χ3v) is 4.28. The first kappa shape index (κ1) is 15.9. The summed E-state index contributed by atoms with van der Waals surface area (Å²) >= 11 is 0. The van der Waals surface area contributed by atoms with E-state index in [-0.39, 0.29) is 6.61 Å². The van der Waals surface area contributed by atoms with Crippen molar-refractivity contribution in [1.29, 1.82) is 0 Å².